The monoisotopic (exact) mass is 304 g/mol. The van der Waals surface area contributed by atoms with Gasteiger partial charge in [0.15, 0.2) is 0 Å². The third-order valence-corrected chi connectivity index (χ3v) is 2.60. The number of rotatable bonds is 2. The summed E-state index contributed by atoms with van der Waals surface area (Å²) in [6.07, 6.45) is 0.833. The normalized spacial score (nSPS) is 11.8. The highest BCUT2D eigenvalue weighted by Gasteiger charge is 2.02. The van der Waals surface area contributed by atoms with Crippen molar-refractivity contribution in [3.05, 3.63) is 32.7 Å². The molecule has 0 aromatic heterocycles. The summed E-state index contributed by atoms with van der Waals surface area (Å²) in [6, 6.07) is 5.98. The molecule has 0 amide bonds. The molecular weight excluding hydrogens is 296 g/mol. The lowest BCUT2D eigenvalue weighted by atomic mass is 10.1. The van der Waals surface area contributed by atoms with Gasteiger partial charge in [-0.1, -0.05) is 38.8 Å². The predicted molar refractivity (Wildman–Crippen MR) is 62.9 cm³/mol. The number of nitrogens with zero attached hydrogens (tertiary/aromatic N) is 1. The van der Waals surface area contributed by atoms with Gasteiger partial charge in [-0.15, -0.1) is 0 Å². The van der Waals surface area contributed by atoms with Crippen LogP contribution in [0.2, 0.25) is 0 Å². The largest absolute Gasteiger partial charge is 0.323 e. The van der Waals surface area contributed by atoms with Gasteiger partial charge in [-0.2, -0.15) is 5.10 Å². The molecule has 0 spiro atoms. The summed E-state index contributed by atoms with van der Waals surface area (Å²) in [5.74, 6) is 5.27. The minimum Gasteiger partial charge on any atom is -0.323 e. The Morgan fingerprint density at radius 3 is 2.23 bits per heavy atom. The lowest BCUT2D eigenvalue weighted by Crippen LogP contribution is -2.02. The first-order chi connectivity index (χ1) is 6.17. The average molecular weight is 306 g/mol. The number of hydrogen-bond acceptors (Lipinski definition) is 2. The minimum absolute atomic E-state index is 0.833. The molecule has 0 radical (unpaired) electrons. The van der Waals surface area contributed by atoms with E-state index in [9.17, 15) is 0 Å². The van der Waals surface area contributed by atoms with Crippen molar-refractivity contribution in [1.29, 1.82) is 0 Å². The summed E-state index contributed by atoms with van der Waals surface area (Å²) in [5, 5.41) is 3.73. The maximum Gasteiger partial charge on any atom is 0.0670 e. The maximum absolute atomic E-state index is 5.27. The molecule has 0 heterocycles. The van der Waals surface area contributed by atoms with E-state index < -0.39 is 0 Å². The Morgan fingerprint density at radius 1 is 1.31 bits per heavy atom. The molecule has 1 aromatic carbocycles. The molecule has 1 rings (SSSR count). The highest BCUT2D eigenvalue weighted by atomic mass is 79.9. The standard InChI is InChI=1S/C9H10Br2N2/c1-2-9(13-12)6-3-7(10)5-8(11)4-6/h3-5H,2,12H2,1H3/b13-9-. The summed E-state index contributed by atoms with van der Waals surface area (Å²) < 4.78 is 2.04. The molecule has 70 valence electrons. The van der Waals surface area contributed by atoms with Gasteiger partial charge >= 0.3 is 0 Å². The average Bonchev–Trinajstić information content (AvgIpc) is 2.04. The molecular formula is C9H10Br2N2. The van der Waals surface area contributed by atoms with Crippen LogP contribution in [-0.4, -0.2) is 5.71 Å². The fourth-order valence-electron chi connectivity index (χ4n) is 1.09. The van der Waals surface area contributed by atoms with Crippen molar-refractivity contribution in [3.8, 4) is 0 Å². The number of halogens is 2. The summed E-state index contributed by atoms with van der Waals surface area (Å²) in [7, 11) is 0. The lowest BCUT2D eigenvalue weighted by molar-refractivity contribution is 1.17. The Balaban J connectivity index is 3.14. The van der Waals surface area contributed by atoms with Crippen LogP contribution in [0.3, 0.4) is 0 Å². The smallest absolute Gasteiger partial charge is 0.0670 e. The van der Waals surface area contributed by atoms with Gasteiger partial charge in [-0.25, -0.2) is 0 Å². The maximum atomic E-state index is 5.27. The second-order valence-corrected chi connectivity index (χ2v) is 4.42. The zero-order chi connectivity index (χ0) is 9.84. The fraction of sp³-hybridized carbons (Fsp3) is 0.222. The van der Waals surface area contributed by atoms with Crippen LogP contribution in [0.5, 0.6) is 0 Å². The van der Waals surface area contributed by atoms with E-state index in [1.807, 2.05) is 25.1 Å². The Hall–Kier alpha value is -0.350. The zero-order valence-corrected chi connectivity index (χ0v) is 10.4. The van der Waals surface area contributed by atoms with Gasteiger partial charge < -0.3 is 5.84 Å². The van der Waals surface area contributed by atoms with Gasteiger partial charge in [0.25, 0.3) is 0 Å². The molecule has 0 saturated carbocycles. The molecule has 0 aliphatic rings. The van der Waals surface area contributed by atoms with Crippen LogP contribution in [0.25, 0.3) is 0 Å². The molecule has 1 aromatic rings. The van der Waals surface area contributed by atoms with Crippen LogP contribution < -0.4 is 5.84 Å². The zero-order valence-electron chi connectivity index (χ0n) is 7.22. The van der Waals surface area contributed by atoms with E-state index in [1.54, 1.807) is 0 Å². The Labute approximate surface area is 94.5 Å². The van der Waals surface area contributed by atoms with E-state index in [0.717, 1.165) is 26.6 Å². The molecule has 2 nitrogen and oxygen atoms in total. The second kappa shape index (κ2) is 4.77. The third kappa shape index (κ3) is 2.81. The van der Waals surface area contributed by atoms with E-state index in [4.69, 9.17) is 5.84 Å². The summed E-state index contributed by atoms with van der Waals surface area (Å²) in [4.78, 5) is 0. The van der Waals surface area contributed by atoms with Crippen LogP contribution in [0, 0.1) is 0 Å². The van der Waals surface area contributed by atoms with Crippen molar-refractivity contribution < 1.29 is 0 Å². The summed E-state index contributed by atoms with van der Waals surface area (Å²) in [5.41, 5.74) is 1.95. The van der Waals surface area contributed by atoms with Crippen molar-refractivity contribution in [2.24, 2.45) is 10.9 Å². The Kier molecular flexibility index (Phi) is 3.93. The third-order valence-electron chi connectivity index (χ3n) is 1.69. The molecule has 0 atom stereocenters. The molecule has 2 N–H and O–H groups in total. The Morgan fingerprint density at radius 2 is 1.85 bits per heavy atom. The van der Waals surface area contributed by atoms with Crippen LogP contribution >= 0.6 is 31.9 Å². The highest BCUT2D eigenvalue weighted by Crippen LogP contribution is 2.21. The molecule has 0 bridgehead atoms. The number of hydrazone groups is 1. The van der Waals surface area contributed by atoms with E-state index in [2.05, 4.69) is 37.0 Å². The van der Waals surface area contributed by atoms with Crippen molar-refractivity contribution >= 4 is 37.6 Å². The van der Waals surface area contributed by atoms with Crippen molar-refractivity contribution in [2.45, 2.75) is 13.3 Å². The van der Waals surface area contributed by atoms with E-state index in [0.29, 0.717) is 0 Å². The second-order valence-electron chi connectivity index (χ2n) is 2.59. The van der Waals surface area contributed by atoms with E-state index >= 15 is 0 Å². The van der Waals surface area contributed by atoms with Gasteiger partial charge in [0, 0.05) is 8.95 Å². The van der Waals surface area contributed by atoms with Crippen LogP contribution in [0.15, 0.2) is 32.2 Å². The summed E-state index contributed by atoms with van der Waals surface area (Å²) >= 11 is 6.83. The Bertz CT molecular complexity index is 314. The SMILES string of the molecule is CC/C(=N/N)c1cc(Br)cc(Br)c1. The van der Waals surface area contributed by atoms with Crippen LogP contribution in [-0.2, 0) is 0 Å². The highest BCUT2D eigenvalue weighted by molar-refractivity contribution is 9.11. The minimum atomic E-state index is 0.833. The van der Waals surface area contributed by atoms with Gasteiger partial charge in [-0.05, 0) is 30.2 Å². The molecule has 0 unspecified atom stereocenters. The van der Waals surface area contributed by atoms with Crippen LogP contribution in [0.1, 0.15) is 18.9 Å². The van der Waals surface area contributed by atoms with E-state index in [1.165, 1.54) is 0 Å². The molecule has 0 fully saturated rings. The lowest BCUT2D eigenvalue weighted by Gasteiger charge is -2.03. The number of nitrogens with two attached hydrogens (primary N) is 1. The quantitative estimate of drug-likeness (QED) is 0.508. The number of benzene rings is 1. The topological polar surface area (TPSA) is 38.4 Å². The molecule has 0 saturated heterocycles. The van der Waals surface area contributed by atoms with Gasteiger partial charge in [0.05, 0.1) is 5.71 Å². The molecule has 0 aliphatic heterocycles. The molecule has 0 aliphatic carbocycles. The summed E-state index contributed by atoms with van der Waals surface area (Å²) in [6.45, 7) is 2.03. The van der Waals surface area contributed by atoms with E-state index in [-0.39, 0.29) is 0 Å². The number of hydrogen-bond donors (Lipinski definition) is 1. The van der Waals surface area contributed by atoms with Crippen molar-refractivity contribution in [1.82, 2.24) is 0 Å². The molecule has 13 heavy (non-hydrogen) atoms. The van der Waals surface area contributed by atoms with Gasteiger partial charge in [-0.3, -0.25) is 0 Å². The van der Waals surface area contributed by atoms with Crippen LogP contribution in [0.4, 0.5) is 0 Å². The van der Waals surface area contributed by atoms with Gasteiger partial charge in [0.1, 0.15) is 0 Å². The molecule has 4 heteroatoms. The fourth-order valence-corrected chi connectivity index (χ4v) is 2.38. The van der Waals surface area contributed by atoms with Gasteiger partial charge in [0.2, 0.25) is 0 Å². The first-order valence-electron chi connectivity index (χ1n) is 3.90. The predicted octanol–water partition coefficient (Wildman–Crippen LogP) is 3.28. The van der Waals surface area contributed by atoms with Crippen molar-refractivity contribution in [2.75, 3.05) is 0 Å². The van der Waals surface area contributed by atoms with Crippen molar-refractivity contribution in [3.63, 3.8) is 0 Å². The first-order valence-corrected chi connectivity index (χ1v) is 5.49. The first kappa shape index (κ1) is 10.7.